The van der Waals surface area contributed by atoms with Crippen LogP contribution in [0.2, 0.25) is 0 Å². The lowest BCUT2D eigenvalue weighted by atomic mass is 10.3. The lowest BCUT2D eigenvalue weighted by molar-refractivity contribution is 0.0698. The fourth-order valence-corrected chi connectivity index (χ4v) is 2.90. The van der Waals surface area contributed by atoms with E-state index in [0.29, 0.717) is 15.9 Å². The molecule has 2 amide bonds. The molecule has 0 fully saturated rings. The SMILES string of the molecule is COc1ccc(NC(=O)Nc2sccc2C(=O)O)cc1Br. The van der Waals surface area contributed by atoms with Gasteiger partial charge in [0.15, 0.2) is 0 Å². The van der Waals surface area contributed by atoms with Gasteiger partial charge in [-0.1, -0.05) is 0 Å². The molecule has 0 unspecified atom stereocenters. The van der Waals surface area contributed by atoms with Gasteiger partial charge in [-0.05, 0) is 45.6 Å². The average Bonchev–Trinajstić information content (AvgIpc) is 2.87. The van der Waals surface area contributed by atoms with Gasteiger partial charge in [0.05, 0.1) is 17.1 Å². The summed E-state index contributed by atoms with van der Waals surface area (Å²) >= 11 is 4.46. The number of hydrogen-bond acceptors (Lipinski definition) is 4. The minimum Gasteiger partial charge on any atom is -0.496 e. The fraction of sp³-hybridized carbons (Fsp3) is 0.0769. The van der Waals surface area contributed by atoms with Crippen LogP contribution in [0.1, 0.15) is 10.4 Å². The average molecular weight is 371 g/mol. The van der Waals surface area contributed by atoms with Gasteiger partial charge in [0.2, 0.25) is 0 Å². The highest BCUT2D eigenvalue weighted by Gasteiger charge is 2.14. The molecule has 0 radical (unpaired) electrons. The summed E-state index contributed by atoms with van der Waals surface area (Å²) in [5.41, 5.74) is 0.611. The molecule has 110 valence electrons. The second-order valence-corrected chi connectivity index (χ2v) is 5.67. The van der Waals surface area contributed by atoms with E-state index in [1.54, 1.807) is 30.7 Å². The lowest BCUT2D eigenvalue weighted by Crippen LogP contribution is -2.20. The molecule has 1 aromatic heterocycles. The first-order valence-electron chi connectivity index (χ1n) is 5.73. The number of anilines is 2. The zero-order valence-corrected chi connectivity index (χ0v) is 13.2. The predicted octanol–water partition coefficient (Wildman–Crippen LogP) is 3.86. The second-order valence-electron chi connectivity index (χ2n) is 3.90. The van der Waals surface area contributed by atoms with Crippen molar-refractivity contribution in [3.63, 3.8) is 0 Å². The van der Waals surface area contributed by atoms with Gasteiger partial charge in [-0.15, -0.1) is 11.3 Å². The van der Waals surface area contributed by atoms with Crippen molar-refractivity contribution in [2.24, 2.45) is 0 Å². The maximum absolute atomic E-state index is 11.9. The Morgan fingerprint density at radius 1 is 1.29 bits per heavy atom. The van der Waals surface area contributed by atoms with Gasteiger partial charge in [-0.3, -0.25) is 5.32 Å². The Bertz CT molecular complexity index is 687. The molecule has 21 heavy (non-hydrogen) atoms. The molecule has 0 spiro atoms. The van der Waals surface area contributed by atoms with E-state index in [0.717, 1.165) is 11.3 Å². The number of benzene rings is 1. The van der Waals surface area contributed by atoms with Crippen molar-refractivity contribution < 1.29 is 19.4 Å². The first kappa shape index (κ1) is 15.3. The van der Waals surface area contributed by atoms with Crippen molar-refractivity contribution >= 4 is 50.0 Å². The van der Waals surface area contributed by atoms with E-state index >= 15 is 0 Å². The van der Waals surface area contributed by atoms with Gasteiger partial charge in [-0.25, -0.2) is 9.59 Å². The molecule has 2 rings (SSSR count). The van der Waals surface area contributed by atoms with Crippen LogP contribution in [-0.4, -0.2) is 24.2 Å². The fourth-order valence-electron chi connectivity index (χ4n) is 1.58. The third-order valence-corrected chi connectivity index (χ3v) is 3.98. The third kappa shape index (κ3) is 3.73. The number of carboxylic acid groups (broad SMARTS) is 1. The molecule has 0 aliphatic carbocycles. The highest BCUT2D eigenvalue weighted by atomic mass is 79.9. The number of carboxylic acids is 1. The number of ether oxygens (including phenoxy) is 1. The van der Waals surface area contributed by atoms with Crippen LogP contribution in [0.25, 0.3) is 0 Å². The Labute approximate surface area is 132 Å². The van der Waals surface area contributed by atoms with Crippen LogP contribution in [0.5, 0.6) is 5.75 Å². The molecule has 1 aromatic carbocycles. The Hall–Kier alpha value is -2.06. The van der Waals surface area contributed by atoms with E-state index < -0.39 is 12.0 Å². The number of aromatic carboxylic acids is 1. The zero-order valence-electron chi connectivity index (χ0n) is 10.8. The van der Waals surface area contributed by atoms with Gasteiger partial charge in [0, 0.05) is 5.69 Å². The highest BCUT2D eigenvalue weighted by Crippen LogP contribution is 2.28. The van der Waals surface area contributed by atoms with Gasteiger partial charge in [0.1, 0.15) is 10.8 Å². The summed E-state index contributed by atoms with van der Waals surface area (Å²) in [6, 6.07) is 5.98. The lowest BCUT2D eigenvalue weighted by Gasteiger charge is -2.09. The van der Waals surface area contributed by atoms with E-state index in [9.17, 15) is 9.59 Å². The van der Waals surface area contributed by atoms with Crippen LogP contribution in [0, 0.1) is 0 Å². The van der Waals surface area contributed by atoms with E-state index in [2.05, 4.69) is 26.6 Å². The Morgan fingerprint density at radius 2 is 2.05 bits per heavy atom. The Kier molecular flexibility index (Phi) is 4.81. The van der Waals surface area contributed by atoms with Crippen LogP contribution < -0.4 is 15.4 Å². The number of carbonyl (C=O) groups is 2. The third-order valence-electron chi connectivity index (χ3n) is 2.53. The molecule has 1 heterocycles. The summed E-state index contributed by atoms with van der Waals surface area (Å²) in [5.74, 6) is -0.439. The Morgan fingerprint density at radius 3 is 2.67 bits per heavy atom. The van der Waals surface area contributed by atoms with Gasteiger partial charge >= 0.3 is 12.0 Å². The molecule has 0 saturated carbocycles. The molecule has 2 aromatic rings. The molecule has 0 aliphatic heterocycles. The highest BCUT2D eigenvalue weighted by molar-refractivity contribution is 9.10. The van der Waals surface area contributed by atoms with Gasteiger partial charge < -0.3 is 15.2 Å². The predicted molar refractivity (Wildman–Crippen MR) is 84.6 cm³/mol. The number of halogens is 1. The Balaban J connectivity index is 2.06. The molecule has 8 heteroatoms. The molecule has 6 nitrogen and oxygen atoms in total. The largest absolute Gasteiger partial charge is 0.496 e. The molecular formula is C13H11BrN2O4S. The number of amides is 2. The van der Waals surface area contributed by atoms with Crippen molar-refractivity contribution in [2.75, 3.05) is 17.7 Å². The van der Waals surface area contributed by atoms with Crippen molar-refractivity contribution in [1.29, 1.82) is 0 Å². The van der Waals surface area contributed by atoms with Crippen LogP contribution in [0.15, 0.2) is 34.1 Å². The minimum absolute atomic E-state index is 0.0612. The normalized spacial score (nSPS) is 10.0. The second kappa shape index (κ2) is 6.59. The molecular weight excluding hydrogens is 360 g/mol. The van der Waals surface area contributed by atoms with E-state index in [4.69, 9.17) is 9.84 Å². The number of rotatable bonds is 4. The van der Waals surface area contributed by atoms with Crippen LogP contribution in [0.3, 0.4) is 0 Å². The van der Waals surface area contributed by atoms with Crippen LogP contribution >= 0.6 is 27.3 Å². The number of urea groups is 1. The number of thiophene rings is 1. The number of methoxy groups -OCH3 is 1. The number of carbonyl (C=O) groups excluding carboxylic acids is 1. The first-order chi connectivity index (χ1) is 10.0. The summed E-state index contributed by atoms with van der Waals surface area (Å²) < 4.78 is 5.79. The summed E-state index contributed by atoms with van der Waals surface area (Å²) in [4.78, 5) is 22.8. The molecule has 3 N–H and O–H groups in total. The number of hydrogen-bond donors (Lipinski definition) is 3. The van der Waals surface area contributed by atoms with Crippen LogP contribution in [-0.2, 0) is 0 Å². The maximum Gasteiger partial charge on any atom is 0.338 e. The molecule has 0 aliphatic rings. The smallest absolute Gasteiger partial charge is 0.338 e. The molecule has 0 atom stereocenters. The standard InChI is InChI=1S/C13H11BrN2O4S/c1-20-10-3-2-7(6-9(10)14)15-13(19)16-11-8(12(17)18)4-5-21-11/h2-6H,1H3,(H,17,18)(H2,15,16,19). The number of nitrogens with one attached hydrogen (secondary N) is 2. The van der Waals surface area contributed by atoms with Crippen molar-refractivity contribution in [1.82, 2.24) is 0 Å². The summed E-state index contributed by atoms with van der Waals surface area (Å²) in [6.07, 6.45) is 0. The quantitative estimate of drug-likeness (QED) is 0.762. The van der Waals surface area contributed by atoms with E-state index in [1.807, 2.05) is 0 Å². The molecule has 0 bridgehead atoms. The topological polar surface area (TPSA) is 87.7 Å². The van der Waals surface area contributed by atoms with Gasteiger partial charge in [0.25, 0.3) is 0 Å². The first-order valence-corrected chi connectivity index (χ1v) is 7.41. The summed E-state index contributed by atoms with van der Waals surface area (Å²) in [6.45, 7) is 0. The van der Waals surface area contributed by atoms with Crippen molar-refractivity contribution in [2.45, 2.75) is 0 Å². The van der Waals surface area contributed by atoms with Gasteiger partial charge in [-0.2, -0.15) is 0 Å². The van der Waals surface area contributed by atoms with Crippen molar-refractivity contribution in [3.8, 4) is 5.75 Å². The summed E-state index contributed by atoms with van der Waals surface area (Å²) in [5, 5.41) is 16.0. The maximum atomic E-state index is 11.9. The monoisotopic (exact) mass is 370 g/mol. The van der Waals surface area contributed by atoms with Crippen molar-refractivity contribution in [3.05, 3.63) is 39.7 Å². The molecule has 0 saturated heterocycles. The van der Waals surface area contributed by atoms with E-state index in [1.165, 1.54) is 6.07 Å². The van der Waals surface area contributed by atoms with Crippen LogP contribution in [0.4, 0.5) is 15.5 Å². The van der Waals surface area contributed by atoms with E-state index in [-0.39, 0.29) is 10.6 Å². The summed E-state index contributed by atoms with van der Waals surface area (Å²) in [7, 11) is 1.55. The zero-order chi connectivity index (χ0) is 15.4. The minimum atomic E-state index is -1.08.